The van der Waals surface area contributed by atoms with Gasteiger partial charge in [-0.15, -0.1) is 0 Å². The van der Waals surface area contributed by atoms with E-state index in [0.717, 1.165) is 4.90 Å². The summed E-state index contributed by atoms with van der Waals surface area (Å²) < 4.78 is 37.4. The highest BCUT2D eigenvalue weighted by molar-refractivity contribution is 5.79. The average molecular weight is 300 g/mol. The molecular weight excluding hydrogens is 285 g/mol. The molecule has 0 aromatic carbocycles. The molecule has 0 aliphatic carbocycles. The Balaban J connectivity index is 5.38. The summed E-state index contributed by atoms with van der Waals surface area (Å²) in [4.78, 5) is 13.2. The Labute approximate surface area is 121 Å². The van der Waals surface area contributed by atoms with Gasteiger partial charge in [0.2, 0.25) is 5.91 Å². The molecule has 0 N–H and O–H groups in total. The Morgan fingerprint density at radius 3 is 1.90 bits per heavy atom. The smallest absolute Gasteiger partial charge is 0.324 e. The maximum atomic E-state index is 12.5. The summed E-state index contributed by atoms with van der Waals surface area (Å²) in [6, 6.07) is 3.10. The van der Waals surface area contributed by atoms with Gasteiger partial charge in [-0.2, -0.15) is 29.0 Å². The van der Waals surface area contributed by atoms with Crippen molar-refractivity contribution in [3.63, 3.8) is 0 Å². The van der Waals surface area contributed by atoms with Gasteiger partial charge in [0.15, 0.2) is 5.41 Å². The fourth-order valence-electron chi connectivity index (χ4n) is 1.95. The third kappa shape index (κ3) is 5.31. The molecule has 0 fully saturated rings. The van der Waals surface area contributed by atoms with Crippen molar-refractivity contribution in [3.05, 3.63) is 0 Å². The molecule has 0 aliphatic rings. The standard InChI is InChI=1S/C13H15F3N4O/c1-9(2)20(10(3)5-17)11(21)4-12(7-18,8-19)6-13(14,15)16/h9-10H,4,6H2,1-3H3. The van der Waals surface area contributed by atoms with Crippen LogP contribution in [0.25, 0.3) is 0 Å². The van der Waals surface area contributed by atoms with Gasteiger partial charge in [-0.1, -0.05) is 0 Å². The van der Waals surface area contributed by atoms with Crippen LogP contribution in [-0.4, -0.2) is 29.1 Å². The van der Waals surface area contributed by atoms with E-state index in [2.05, 4.69) is 0 Å². The predicted molar refractivity (Wildman–Crippen MR) is 66.0 cm³/mol. The van der Waals surface area contributed by atoms with E-state index in [1.165, 1.54) is 19.1 Å². The van der Waals surface area contributed by atoms with Crippen molar-refractivity contribution in [2.75, 3.05) is 0 Å². The number of halogens is 3. The monoisotopic (exact) mass is 300 g/mol. The molecule has 1 amide bonds. The normalized spacial score (nSPS) is 13.0. The van der Waals surface area contributed by atoms with Crippen LogP contribution in [0.4, 0.5) is 13.2 Å². The second-order valence-electron chi connectivity index (χ2n) is 4.97. The summed E-state index contributed by atoms with van der Waals surface area (Å²) in [7, 11) is 0. The average Bonchev–Trinajstić information content (AvgIpc) is 2.35. The zero-order valence-corrected chi connectivity index (χ0v) is 11.9. The highest BCUT2D eigenvalue weighted by Crippen LogP contribution is 2.36. The second kappa shape index (κ2) is 6.95. The molecule has 0 aromatic rings. The van der Waals surface area contributed by atoms with Gasteiger partial charge in [-0.05, 0) is 20.8 Å². The highest BCUT2D eigenvalue weighted by atomic mass is 19.4. The molecule has 0 spiro atoms. The lowest BCUT2D eigenvalue weighted by Crippen LogP contribution is -2.45. The van der Waals surface area contributed by atoms with E-state index in [1.807, 2.05) is 6.07 Å². The maximum Gasteiger partial charge on any atom is 0.391 e. The largest absolute Gasteiger partial charge is 0.391 e. The van der Waals surface area contributed by atoms with Gasteiger partial charge in [0.05, 0.1) is 31.0 Å². The highest BCUT2D eigenvalue weighted by Gasteiger charge is 2.46. The molecule has 8 heteroatoms. The molecule has 0 bridgehead atoms. The fourth-order valence-corrected chi connectivity index (χ4v) is 1.95. The molecule has 0 heterocycles. The molecule has 1 atom stereocenters. The maximum absolute atomic E-state index is 12.5. The zero-order chi connectivity index (χ0) is 16.8. The molecule has 0 aliphatic heterocycles. The number of carbonyl (C=O) groups is 1. The van der Waals surface area contributed by atoms with Crippen molar-refractivity contribution < 1.29 is 18.0 Å². The van der Waals surface area contributed by atoms with Crippen LogP contribution in [0.15, 0.2) is 0 Å². The fraction of sp³-hybridized carbons (Fsp3) is 0.692. The number of carbonyl (C=O) groups excluding carboxylic acids is 1. The molecule has 0 rings (SSSR count). The summed E-state index contributed by atoms with van der Waals surface area (Å²) in [5.41, 5.74) is -2.47. The van der Waals surface area contributed by atoms with Gasteiger partial charge in [-0.25, -0.2) is 0 Å². The van der Waals surface area contributed by atoms with Crippen LogP contribution in [0.1, 0.15) is 33.6 Å². The Bertz CT molecular complexity index is 493. The Morgan fingerprint density at radius 2 is 1.62 bits per heavy atom. The molecule has 0 saturated carbocycles. The van der Waals surface area contributed by atoms with Crippen LogP contribution >= 0.6 is 0 Å². The van der Waals surface area contributed by atoms with Crippen molar-refractivity contribution in [1.82, 2.24) is 4.90 Å². The second-order valence-corrected chi connectivity index (χ2v) is 4.97. The van der Waals surface area contributed by atoms with Crippen molar-refractivity contribution >= 4 is 5.91 Å². The van der Waals surface area contributed by atoms with E-state index in [-0.39, 0.29) is 0 Å². The van der Waals surface area contributed by atoms with Gasteiger partial charge in [0.1, 0.15) is 6.04 Å². The van der Waals surface area contributed by atoms with Crippen molar-refractivity contribution in [2.24, 2.45) is 5.41 Å². The number of alkyl halides is 3. The van der Waals surface area contributed by atoms with Crippen LogP contribution in [0.3, 0.4) is 0 Å². The van der Waals surface area contributed by atoms with Crippen molar-refractivity contribution in [3.8, 4) is 18.2 Å². The first-order valence-electron chi connectivity index (χ1n) is 6.12. The van der Waals surface area contributed by atoms with E-state index in [0.29, 0.717) is 0 Å². The summed E-state index contributed by atoms with van der Waals surface area (Å²) in [5.74, 6) is -0.827. The van der Waals surface area contributed by atoms with Crippen LogP contribution < -0.4 is 0 Å². The molecule has 21 heavy (non-hydrogen) atoms. The topological polar surface area (TPSA) is 91.7 Å². The van der Waals surface area contributed by atoms with Crippen molar-refractivity contribution in [2.45, 2.75) is 51.9 Å². The zero-order valence-electron chi connectivity index (χ0n) is 11.9. The summed E-state index contributed by atoms with van der Waals surface area (Å²) in [6.07, 6.45) is -7.33. The molecular formula is C13H15F3N4O. The minimum atomic E-state index is -4.74. The predicted octanol–water partition coefficient (Wildman–Crippen LogP) is 2.51. The lowest BCUT2D eigenvalue weighted by Gasteiger charge is -2.31. The van der Waals surface area contributed by atoms with E-state index in [1.54, 1.807) is 13.8 Å². The number of nitriles is 3. The third-order valence-electron chi connectivity index (χ3n) is 2.83. The van der Waals surface area contributed by atoms with E-state index >= 15 is 0 Å². The number of rotatable bonds is 5. The number of nitrogens with zero attached hydrogens (tertiary/aromatic N) is 4. The first-order chi connectivity index (χ1) is 9.51. The summed E-state index contributed by atoms with van der Waals surface area (Å²) >= 11 is 0. The van der Waals surface area contributed by atoms with Gasteiger partial charge in [-0.3, -0.25) is 4.79 Å². The van der Waals surface area contributed by atoms with Gasteiger partial charge in [0, 0.05) is 6.04 Å². The Hall–Kier alpha value is -2.27. The lowest BCUT2D eigenvalue weighted by molar-refractivity contribution is -0.151. The molecule has 5 nitrogen and oxygen atoms in total. The summed E-state index contributed by atoms with van der Waals surface area (Å²) in [5, 5.41) is 26.6. The van der Waals surface area contributed by atoms with Crippen LogP contribution in [0, 0.1) is 39.4 Å². The molecule has 0 saturated heterocycles. The van der Waals surface area contributed by atoms with Gasteiger partial charge < -0.3 is 4.90 Å². The van der Waals surface area contributed by atoms with Crippen LogP contribution in [0.2, 0.25) is 0 Å². The van der Waals surface area contributed by atoms with Gasteiger partial charge in [0.25, 0.3) is 0 Å². The van der Waals surface area contributed by atoms with E-state index in [9.17, 15) is 18.0 Å². The van der Waals surface area contributed by atoms with Crippen molar-refractivity contribution in [1.29, 1.82) is 15.8 Å². The molecule has 0 aromatic heterocycles. The quantitative estimate of drug-likeness (QED) is 0.779. The Morgan fingerprint density at radius 1 is 1.14 bits per heavy atom. The minimum Gasteiger partial charge on any atom is -0.324 e. The first kappa shape index (κ1) is 18.7. The lowest BCUT2D eigenvalue weighted by atomic mass is 9.83. The molecule has 114 valence electrons. The Kier molecular flexibility index (Phi) is 6.19. The van der Waals surface area contributed by atoms with Crippen LogP contribution in [-0.2, 0) is 4.79 Å². The summed E-state index contributed by atoms with van der Waals surface area (Å²) in [6.45, 7) is 4.61. The molecule has 1 unspecified atom stereocenters. The minimum absolute atomic E-state index is 0.437. The van der Waals surface area contributed by atoms with E-state index < -0.39 is 42.4 Å². The van der Waals surface area contributed by atoms with Crippen LogP contribution in [0.5, 0.6) is 0 Å². The third-order valence-corrected chi connectivity index (χ3v) is 2.83. The van der Waals surface area contributed by atoms with Gasteiger partial charge >= 0.3 is 6.18 Å². The SMILES string of the molecule is CC(C)N(C(=O)CC(C#N)(C#N)CC(F)(F)F)C(C)C#N. The van der Waals surface area contributed by atoms with E-state index in [4.69, 9.17) is 15.8 Å². The number of hydrogen-bond donors (Lipinski definition) is 0. The number of hydrogen-bond acceptors (Lipinski definition) is 4. The number of amides is 1. The first-order valence-corrected chi connectivity index (χ1v) is 6.12. The molecule has 0 radical (unpaired) electrons.